The number of nitrogens with one attached hydrogen (secondary N) is 1. The van der Waals surface area contributed by atoms with Crippen molar-refractivity contribution in [1.29, 1.82) is 0 Å². The summed E-state index contributed by atoms with van der Waals surface area (Å²) in [6, 6.07) is 0.523. The summed E-state index contributed by atoms with van der Waals surface area (Å²) in [4.78, 5) is 11.2. The standard InChI is InChI=1S/C12H16N4S/c1-8-6-17-11-10(8)14-7-15-12(11)16-4-3-13-9(2)5-16/h6-7,9,13H,3-5H2,1-2H3/t9-/m0/s1. The summed E-state index contributed by atoms with van der Waals surface area (Å²) in [6.07, 6.45) is 1.68. The summed E-state index contributed by atoms with van der Waals surface area (Å²) in [6.45, 7) is 7.38. The summed E-state index contributed by atoms with van der Waals surface area (Å²) in [5, 5.41) is 5.61. The van der Waals surface area contributed by atoms with Crippen LogP contribution in [0.25, 0.3) is 10.2 Å². The normalized spacial score (nSPS) is 21.1. The fraction of sp³-hybridized carbons (Fsp3) is 0.500. The Kier molecular flexibility index (Phi) is 2.72. The van der Waals surface area contributed by atoms with Crippen molar-refractivity contribution in [2.75, 3.05) is 24.5 Å². The molecule has 0 saturated carbocycles. The van der Waals surface area contributed by atoms with E-state index in [1.807, 2.05) is 0 Å². The number of hydrogen-bond acceptors (Lipinski definition) is 5. The average Bonchev–Trinajstić information content (AvgIpc) is 2.71. The lowest BCUT2D eigenvalue weighted by atomic mass is 10.2. The molecular weight excluding hydrogens is 232 g/mol. The predicted molar refractivity (Wildman–Crippen MR) is 71.8 cm³/mol. The van der Waals surface area contributed by atoms with Crippen molar-refractivity contribution in [3.63, 3.8) is 0 Å². The first-order valence-corrected chi connectivity index (χ1v) is 6.81. The molecule has 0 spiro atoms. The zero-order valence-corrected chi connectivity index (χ0v) is 10.9. The molecule has 0 aliphatic carbocycles. The average molecular weight is 248 g/mol. The third-order valence-corrected chi connectivity index (χ3v) is 4.26. The van der Waals surface area contributed by atoms with Gasteiger partial charge in [-0.25, -0.2) is 9.97 Å². The van der Waals surface area contributed by atoms with E-state index in [2.05, 4.69) is 39.4 Å². The summed E-state index contributed by atoms with van der Waals surface area (Å²) in [5.41, 5.74) is 2.35. The van der Waals surface area contributed by atoms with Crippen LogP contribution in [-0.4, -0.2) is 35.6 Å². The van der Waals surface area contributed by atoms with Crippen LogP contribution in [0.5, 0.6) is 0 Å². The topological polar surface area (TPSA) is 41.0 Å². The number of piperazine rings is 1. The van der Waals surface area contributed by atoms with Crippen molar-refractivity contribution in [2.45, 2.75) is 19.9 Å². The molecule has 17 heavy (non-hydrogen) atoms. The van der Waals surface area contributed by atoms with Gasteiger partial charge in [0.25, 0.3) is 0 Å². The lowest BCUT2D eigenvalue weighted by molar-refractivity contribution is 0.483. The Morgan fingerprint density at radius 3 is 3.18 bits per heavy atom. The van der Waals surface area contributed by atoms with Crippen LogP contribution in [0.4, 0.5) is 5.82 Å². The number of aromatic nitrogens is 2. The van der Waals surface area contributed by atoms with Gasteiger partial charge in [-0.1, -0.05) is 0 Å². The van der Waals surface area contributed by atoms with Crippen molar-refractivity contribution >= 4 is 27.4 Å². The monoisotopic (exact) mass is 248 g/mol. The largest absolute Gasteiger partial charge is 0.353 e. The van der Waals surface area contributed by atoms with E-state index in [0.29, 0.717) is 6.04 Å². The fourth-order valence-corrected chi connectivity index (χ4v) is 3.33. The van der Waals surface area contributed by atoms with Gasteiger partial charge in [-0.2, -0.15) is 0 Å². The Labute approximate surface area is 105 Å². The van der Waals surface area contributed by atoms with Crippen LogP contribution >= 0.6 is 11.3 Å². The van der Waals surface area contributed by atoms with Gasteiger partial charge in [-0.15, -0.1) is 11.3 Å². The molecule has 2 aromatic heterocycles. The number of thiophene rings is 1. The lowest BCUT2D eigenvalue weighted by Crippen LogP contribution is -2.49. The highest BCUT2D eigenvalue weighted by Gasteiger charge is 2.20. The molecule has 0 unspecified atom stereocenters. The summed E-state index contributed by atoms with van der Waals surface area (Å²) in [7, 11) is 0. The zero-order valence-electron chi connectivity index (χ0n) is 10.1. The van der Waals surface area contributed by atoms with Crippen molar-refractivity contribution in [3.8, 4) is 0 Å². The molecule has 0 radical (unpaired) electrons. The molecule has 4 nitrogen and oxygen atoms in total. The molecule has 3 heterocycles. The minimum Gasteiger partial charge on any atom is -0.353 e. The molecule has 1 aliphatic rings. The SMILES string of the molecule is Cc1csc2c(N3CCN[C@@H](C)C3)ncnc12. The molecule has 1 aliphatic heterocycles. The first-order valence-electron chi connectivity index (χ1n) is 5.93. The van der Waals surface area contributed by atoms with Crippen molar-refractivity contribution in [1.82, 2.24) is 15.3 Å². The van der Waals surface area contributed by atoms with Crippen LogP contribution in [0.1, 0.15) is 12.5 Å². The molecule has 5 heteroatoms. The van der Waals surface area contributed by atoms with Crippen LogP contribution in [0.15, 0.2) is 11.7 Å². The number of anilines is 1. The van der Waals surface area contributed by atoms with E-state index in [4.69, 9.17) is 0 Å². The van der Waals surface area contributed by atoms with E-state index in [9.17, 15) is 0 Å². The van der Waals surface area contributed by atoms with Crippen LogP contribution < -0.4 is 10.2 Å². The molecule has 1 N–H and O–H groups in total. The highest BCUT2D eigenvalue weighted by atomic mass is 32.1. The smallest absolute Gasteiger partial charge is 0.150 e. The minimum atomic E-state index is 0.523. The van der Waals surface area contributed by atoms with E-state index in [0.717, 1.165) is 31.0 Å². The van der Waals surface area contributed by atoms with Crippen molar-refractivity contribution in [2.24, 2.45) is 0 Å². The molecule has 3 rings (SSSR count). The molecule has 1 fully saturated rings. The maximum Gasteiger partial charge on any atom is 0.150 e. The van der Waals surface area contributed by atoms with Gasteiger partial charge in [-0.3, -0.25) is 0 Å². The maximum atomic E-state index is 4.48. The van der Waals surface area contributed by atoms with Gasteiger partial charge in [0.05, 0.1) is 10.2 Å². The molecule has 0 amide bonds. The first kappa shape index (κ1) is 10.9. The molecule has 0 bridgehead atoms. The molecule has 1 atom stereocenters. The summed E-state index contributed by atoms with van der Waals surface area (Å²) < 4.78 is 1.22. The van der Waals surface area contributed by atoms with Gasteiger partial charge in [0.2, 0.25) is 0 Å². The van der Waals surface area contributed by atoms with Gasteiger partial charge < -0.3 is 10.2 Å². The Morgan fingerprint density at radius 1 is 1.47 bits per heavy atom. The van der Waals surface area contributed by atoms with E-state index in [-0.39, 0.29) is 0 Å². The highest BCUT2D eigenvalue weighted by molar-refractivity contribution is 7.18. The van der Waals surface area contributed by atoms with Gasteiger partial charge in [0.15, 0.2) is 0 Å². The molecule has 0 aromatic carbocycles. The second-order valence-corrected chi connectivity index (χ2v) is 5.47. The number of hydrogen-bond donors (Lipinski definition) is 1. The van der Waals surface area contributed by atoms with E-state index in [1.165, 1.54) is 10.3 Å². The maximum absolute atomic E-state index is 4.48. The minimum absolute atomic E-state index is 0.523. The Hall–Kier alpha value is -1.20. The van der Waals surface area contributed by atoms with Crippen LogP contribution in [0.2, 0.25) is 0 Å². The summed E-state index contributed by atoms with van der Waals surface area (Å²) >= 11 is 1.75. The Bertz CT molecular complexity index is 536. The lowest BCUT2D eigenvalue weighted by Gasteiger charge is -2.32. The second-order valence-electron chi connectivity index (χ2n) is 4.59. The number of nitrogens with zero attached hydrogens (tertiary/aromatic N) is 3. The molecule has 1 saturated heterocycles. The van der Waals surface area contributed by atoms with Gasteiger partial charge in [0, 0.05) is 25.7 Å². The highest BCUT2D eigenvalue weighted by Crippen LogP contribution is 2.31. The van der Waals surface area contributed by atoms with E-state index in [1.54, 1.807) is 17.7 Å². The zero-order chi connectivity index (χ0) is 11.8. The van der Waals surface area contributed by atoms with Gasteiger partial charge >= 0.3 is 0 Å². The summed E-state index contributed by atoms with van der Waals surface area (Å²) in [5.74, 6) is 1.10. The van der Waals surface area contributed by atoms with Crippen molar-refractivity contribution in [3.05, 3.63) is 17.3 Å². The first-order chi connectivity index (χ1) is 8.25. The molecule has 2 aromatic rings. The van der Waals surface area contributed by atoms with Gasteiger partial charge in [-0.05, 0) is 24.8 Å². The third-order valence-electron chi connectivity index (χ3n) is 3.18. The Morgan fingerprint density at radius 2 is 2.35 bits per heavy atom. The molecule has 90 valence electrons. The quantitative estimate of drug-likeness (QED) is 0.835. The van der Waals surface area contributed by atoms with E-state index >= 15 is 0 Å². The van der Waals surface area contributed by atoms with E-state index < -0.39 is 0 Å². The van der Waals surface area contributed by atoms with Crippen molar-refractivity contribution < 1.29 is 0 Å². The fourth-order valence-electron chi connectivity index (χ4n) is 2.31. The van der Waals surface area contributed by atoms with Crippen LogP contribution in [0, 0.1) is 6.92 Å². The Balaban J connectivity index is 2.04. The third kappa shape index (κ3) is 1.89. The number of aryl methyl sites for hydroxylation is 1. The van der Waals surface area contributed by atoms with Gasteiger partial charge in [0.1, 0.15) is 12.1 Å². The molecular formula is C12H16N4S. The number of rotatable bonds is 1. The predicted octanol–water partition coefficient (Wildman–Crippen LogP) is 1.80. The number of fused-ring (bicyclic) bond motifs is 1. The van der Waals surface area contributed by atoms with Crippen LogP contribution in [0.3, 0.4) is 0 Å². The van der Waals surface area contributed by atoms with Crippen LogP contribution in [-0.2, 0) is 0 Å². The second kappa shape index (κ2) is 4.23.